The number of amides is 1. The number of carbonyl (C=O) groups is 1. The van der Waals surface area contributed by atoms with Crippen LogP contribution in [0.4, 0.5) is 4.39 Å². The molecule has 0 bridgehead atoms. The Labute approximate surface area is 110 Å². The van der Waals surface area contributed by atoms with Crippen LogP contribution in [0.1, 0.15) is 27.4 Å². The van der Waals surface area contributed by atoms with Gasteiger partial charge >= 0.3 is 0 Å². The van der Waals surface area contributed by atoms with E-state index in [4.69, 9.17) is 4.52 Å². The fourth-order valence-electron chi connectivity index (χ4n) is 1.83. The first kappa shape index (κ1) is 13.3. The number of aromatic nitrogens is 1. The van der Waals surface area contributed by atoms with Gasteiger partial charge in [-0.2, -0.15) is 0 Å². The Bertz CT molecular complexity index is 607. The SMILES string of the molecule is Cc1cc(CN(C)C(=O)c2cccc(C)c2F)no1. The molecule has 2 aromatic rings. The zero-order valence-electron chi connectivity index (χ0n) is 11.1. The molecular weight excluding hydrogens is 247 g/mol. The van der Waals surface area contributed by atoms with Gasteiger partial charge in [0, 0.05) is 13.1 Å². The number of aryl methyl sites for hydroxylation is 2. The topological polar surface area (TPSA) is 46.3 Å². The van der Waals surface area contributed by atoms with Crippen LogP contribution < -0.4 is 0 Å². The van der Waals surface area contributed by atoms with Crippen molar-refractivity contribution in [1.29, 1.82) is 0 Å². The first-order chi connectivity index (χ1) is 8.99. The van der Waals surface area contributed by atoms with Crippen molar-refractivity contribution in [3.63, 3.8) is 0 Å². The number of benzene rings is 1. The van der Waals surface area contributed by atoms with E-state index < -0.39 is 5.82 Å². The molecule has 1 heterocycles. The van der Waals surface area contributed by atoms with Crippen molar-refractivity contribution >= 4 is 5.91 Å². The van der Waals surface area contributed by atoms with E-state index in [0.29, 0.717) is 17.0 Å². The second-order valence-electron chi connectivity index (χ2n) is 4.53. The minimum Gasteiger partial charge on any atom is -0.361 e. The minimum absolute atomic E-state index is 0.0720. The van der Waals surface area contributed by atoms with Crippen molar-refractivity contribution in [2.24, 2.45) is 0 Å². The van der Waals surface area contributed by atoms with E-state index in [-0.39, 0.29) is 18.0 Å². The van der Waals surface area contributed by atoms with Crippen molar-refractivity contribution in [3.8, 4) is 0 Å². The van der Waals surface area contributed by atoms with Crippen molar-refractivity contribution in [2.75, 3.05) is 7.05 Å². The summed E-state index contributed by atoms with van der Waals surface area (Å²) in [6, 6.07) is 6.53. The molecular formula is C14H15FN2O2. The predicted molar refractivity (Wildman–Crippen MR) is 68.2 cm³/mol. The van der Waals surface area contributed by atoms with Crippen LogP contribution in [0.2, 0.25) is 0 Å². The minimum atomic E-state index is -0.476. The molecule has 0 saturated heterocycles. The molecule has 0 fully saturated rings. The summed E-state index contributed by atoms with van der Waals surface area (Å²) in [6.45, 7) is 3.69. The first-order valence-corrected chi connectivity index (χ1v) is 5.92. The van der Waals surface area contributed by atoms with Gasteiger partial charge in [-0.25, -0.2) is 4.39 Å². The Morgan fingerprint density at radius 2 is 2.16 bits per heavy atom. The monoisotopic (exact) mass is 262 g/mol. The molecule has 0 aliphatic rings. The number of rotatable bonds is 3. The van der Waals surface area contributed by atoms with Crippen LogP contribution in [0.3, 0.4) is 0 Å². The average Bonchev–Trinajstić information content (AvgIpc) is 2.77. The zero-order valence-corrected chi connectivity index (χ0v) is 11.1. The molecule has 19 heavy (non-hydrogen) atoms. The first-order valence-electron chi connectivity index (χ1n) is 5.92. The highest BCUT2D eigenvalue weighted by atomic mass is 19.1. The molecule has 0 unspecified atom stereocenters. The Hall–Kier alpha value is -2.17. The van der Waals surface area contributed by atoms with Crippen LogP contribution in [-0.2, 0) is 6.54 Å². The molecule has 5 heteroatoms. The van der Waals surface area contributed by atoms with Gasteiger partial charge in [0.25, 0.3) is 5.91 Å². The van der Waals surface area contributed by atoms with Crippen LogP contribution in [-0.4, -0.2) is 23.0 Å². The molecule has 2 rings (SSSR count). The molecule has 0 aliphatic heterocycles. The second-order valence-corrected chi connectivity index (χ2v) is 4.53. The standard InChI is InChI=1S/C14H15FN2O2/c1-9-5-4-6-12(13(9)15)14(18)17(3)8-11-7-10(2)19-16-11/h4-7H,8H2,1-3H3. The van der Waals surface area contributed by atoms with Crippen LogP contribution in [0.5, 0.6) is 0 Å². The van der Waals surface area contributed by atoms with Gasteiger partial charge in [0.15, 0.2) is 0 Å². The molecule has 0 spiro atoms. The second kappa shape index (κ2) is 5.22. The molecule has 4 nitrogen and oxygen atoms in total. The van der Waals surface area contributed by atoms with Gasteiger partial charge in [-0.3, -0.25) is 4.79 Å². The molecule has 0 atom stereocenters. The Kier molecular flexibility index (Phi) is 3.64. The van der Waals surface area contributed by atoms with Crippen LogP contribution in [0, 0.1) is 19.7 Å². The Morgan fingerprint density at radius 1 is 1.42 bits per heavy atom. The summed E-state index contributed by atoms with van der Waals surface area (Å²) >= 11 is 0. The van der Waals surface area contributed by atoms with Crippen molar-refractivity contribution in [2.45, 2.75) is 20.4 Å². The summed E-state index contributed by atoms with van der Waals surface area (Å²) in [6.07, 6.45) is 0. The number of halogens is 1. The summed E-state index contributed by atoms with van der Waals surface area (Å²) in [5.41, 5.74) is 1.17. The highest BCUT2D eigenvalue weighted by molar-refractivity contribution is 5.94. The van der Waals surface area contributed by atoms with Gasteiger partial charge in [-0.15, -0.1) is 0 Å². The highest BCUT2D eigenvalue weighted by Gasteiger charge is 2.18. The highest BCUT2D eigenvalue weighted by Crippen LogP contribution is 2.15. The van der Waals surface area contributed by atoms with Gasteiger partial charge in [0.05, 0.1) is 12.1 Å². The summed E-state index contributed by atoms with van der Waals surface area (Å²) < 4.78 is 18.8. The number of carbonyl (C=O) groups excluding carboxylic acids is 1. The van der Waals surface area contributed by atoms with Gasteiger partial charge in [-0.05, 0) is 25.5 Å². The van der Waals surface area contributed by atoms with Crippen LogP contribution >= 0.6 is 0 Å². The predicted octanol–water partition coefficient (Wildman–Crippen LogP) is 2.70. The number of hydrogen-bond donors (Lipinski definition) is 0. The van der Waals surface area contributed by atoms with E-state index in [9.17, 15) is 9.18 Å². The van der Waals surface area contributed by atoms with Gasteiger partial charge < -0.3 is 9.42 Å². The Morgan fingerprint density at radius 3 is 2.79 bits per heavy atom. The van der Waals surface area contributed by atoms with Crippen LogP contribution in [0.25, 0.3) is 0 Å². The third kappa shape index (κ3) is 2.81. The smallest absolute Gasteiger partial charge is 0.256 e. The van der Waals surface area contributed by atoms with E-state index in [2.05, 4.69) is 5.16 Å². The lowest BCUT2D eigenvalue weighted by Crippen LogP contribution is -2.27. The summed E-state index contributed by atoms with van der Waals surface area (Å²) in [4.78, 5) is 13.6. The van der Waals surface area contributed by atoms with E-state index >= 15 is 0 Å². The lowest BCUT2D eigenvalue weighted by molar-refractivity contribution is 0.0777. The molecule has 0 saturated carbocycles. The lowest BCUT2D eigenvalue weighted by Gasteiger charge is -2.16. The zero-order chi connectivity index (χ0) is 14.0. The van der Waals surface area contributed by atoms with E-state index in [1.807, 2.05) is 0 Å². The average molecular weight is 262 g/mol. The Balaban J connectivity index is 2.17. The third-order valence-corrected chi connectivity index (χ3v) is 2.84. The van der Waals surface area contributed by atoms with E-state index in [1.165, 1.54) is 11.0 Å². The lowest BCUT2D eigenvalue weighted by atomic mass is 10.1. The quantitative estimate of drug-likeness (QED) is 0.854. The van der Waals surface area contributed by atoms with Gasteiger partial charge in [0.1, 0.15) is 17.3 Å². The fraction of sp³-hybridized carbons (Fsp3) is 0.286. The summed E-state index contributed by atoms with van der Waals surface area (Å²) in [5, 5.41) is 3.81. The summed E-state index contributed by atoms with van der Waals surface area (Å²) in [7, 11) is 1.61. The molecule has 1 aromatic heterocycles. The fourth-order valence-corrected chi connectivity index (χ4v) is 1.83. The van der Waals surface area contributed by atoms with E-state index in [1.54, 1.807) is 39.1 Å². The van der Waals surface area contributed by atoms with E-state index in [0.717, 1.165) is 0 Å². The number of hydrogen-bond acceptors (Lipinski definition) is 3. The molecule has 0 N–H and O–H groups in total. The van der Waals surface area contributed by atoms with Crippen molar-refractivity contribution in [1.82, 2.24) is 10.1 Å². The normalized spacial score (nSPS) is 10.5. The van der Waals surface area contributed by atoms with Crippen molar-refractivity contribution in [3.05, 3.63) is 52.7 Å². The maximum atomic E-state index is 13.9. The third-order valence-electron chi connectivity index (χ3n) is 2.84. The number of nitrogens with zero attached hydrogens (tertiary/aromatic N) is 2. The molecule has 0 radical (unpaired) electrons. The van der Waals surface area contributed by atoms with Crippen LogP contribution in [0.15, 0.2) is 28.8 Å². The van der Waals surface area contributed by atoms with Gasteiger partial charge in [0.2, 0.25) is 0 Å². The maximum Gasteiger partial charge on any atom is 0.256 e. The molecule has 100 valence electrons. The van der Waals surface area contributed by atoms with Gasteiger partial charge in [-0.1, -0.05) is 17.3 Å². The molecule has 0 aliphatic carbocycles. The van der Waals surface area contributed by atoms with Crippen molar-refractivity contribution < 1.29 is 13.7 Å². The summed E-state index contributed by atoms with van der Waals surface area (Å²) in [5.74, 6) is -0.171. The largest absolute Gasteiger partial charge is 0.361 e. The molecule has 1 aromatic carbocycles. The molecule has 1 amide bonds. The maximum absolute atomic E-state index is 13.9.